The third-order valence-corrected chi connectivity index (χ3v) is 3.65. The molecule has 1 nitrogen and oxygen atoms in total. The van der Waals surface area contributed by atoms with Gasteiger partial charge in [0, 0.05) is 15.9 Å². The maximum Gasteiger partial charge on any atom is 0.140 e. The molecule has 0 saturated carbocycles. The van der Waals surface area contributed by atoms with E-state index < -0.39 is 17.5 Å². The molecule has 0 saturated heterocycles. The van der Waals surface area contributed by atoms with E-state index in [2.05, 4.69) is 0 Å². The Balaban J connectivity index is 2.23. The van der Waals surface area contributed by atoms with E-state index in [0.29, 0.717) is 17.9 Å². The molecule has 0 fully saturated rings. The highest BCUT2D eigenvalue weighted by atomic mass is 32.2. The molecule has 5 heteroatoms. The Bertz CT molecular complexity index is 587. The number of rotatable bonds is 4. The molecule has 2 aromatic carbocycles. The Morgan fingerprint density at radius 1 is 0.895 bits per heavy atom. The predicted molar refractivity (Wildman–Crippen MR) is 69.6 cm³/mol. The summed E-state index contributed by atoms with van der Waals surface area (Å²) in [5.41, 5.74) is 6.19. The van der Waals surface area contributed by atoms with Gasteiger partial charge in [0.05, 0.1) is 0 Å². The first-order valence-corrected chi connectivity index (χ1v) is 6.53. The second-order valence-electron chi connectivity index (χ2n) is 3.98. The zero-order chi connectivity index (χ0) is 13.8. The average Bonchev–Trinajstić information content (AvgIpc) is 2.36. The molecule has 2 aromatic rings. The minimum Gasteiger partial charge on any atom is -0.330 e. The summed E-state index contributed by atoms with van der Waals surface area (Å²) >= 11 is 0.928. The Hall–Kier alpha value is -1.46. The van der Waals surface area contributed by atoms with Crippen molar-refractivity contribution in [3.63, 3.8) is 0 Å². The lowest BCUT2D eigenvalue weighted by atomic mass is 10.1. The van der Waals surface area contributed by atoms with Crippen LogP contribution in [0.1, 0.15) is 5.56 Å². The van der Waals surface area contributed by atoms with Crippen molar-refractivity contribution in [3.05, 3.63) is 59.4 Å². The molecule has 0 unspecified atom stereocenters. The molecule has 0 amide bonds. The van der Waals surface area contributed by atoms with E-state index in [9.17, 15) is 13.2 Å². The van der Waals surface area contributed by atoms with Crippen LogP contribution < -0.4 is 5.73 Å². The van der Waals surface area contributed by atoms with Crippen LogP contribution in [0.15, 0.2) is 46.2 Å². The molecular weight excluding hydrogens is 271 g/mol. The quantitative estimate of drug-likeness (QED) is 0.924. The van der Waals surface area contributed by atoms with Crippen LogP contribution in [0.5, 0.6) is 0 Å². The van der Waals surface area contributed by atoms with Crippen molar-refractivity contribution in [2.45, 2.75) is 16.2 Å². The molecule has 0 heterocycles. The minimum atomic E-state index is -0.699. The van der Waals surface area contributed by atoms with Crippen LogP contribution >= 0.6 is 11.8 Å². The Kier molecular flexibility index (Phi) is 4.50. The van der Waals surface area contributed by atoms with E-state index >= 15 is 0 Å². The molecule has 19 heavy (non-hydrogen) atoms. The van der Waals surface area contributed by atoms with Crippen molar-refractivity contribution in [1.82, 2.24) is 0 Å². The van der Waals surface area contributed by atoms with Crippen LogP contribution in [-0.2, 0) is 6.42 Å². The van der Waals surface area contributed by atoms with E-state index in [1.54, 1.807) is 12.1 Å². The van der Waals surface area contributed by atoms with E-state index in [-0.39, 0.29) is 4.90 Å². The lowest BCUT2D eigenvalue weighted by molar-refractivity contribution is 0.565. The molecule has 0 aliphatic rings. The third kappa shape index (κ3) is 3.52. The van der Waals surface area contributed by atoms with Crippen molar-refractivity contribution >= 4 is 11.8 Å². The van der Waals surface area contributed by atoms with Gasteiger partial charge in [-0.2, -0.15) is 0 Å². The molecule has 0 aliphatic carbocycles. The Morgan fingerprint density at radius 3 is 2.11 bits per heavy atom. The average molecular weight is 283 g/mol. The molecular formula is C14H12F3NS. The summed E-state index contributed by atoms with van der Waals surface area (Å²) in [7, 11) is 0. The zero-order valence-corrected chi connectivity index (χ0v) is 10.8. The van der Waals surface area contributed by atoms with Gasteiger partial charge in [0.2, 0.25) is 0 Å². The molecule has 0 bridgehead atoms. The highest BCUT2D eigenvalue weighted by Gasteiger charge is 2.09. The second-order valence-corrected chi connectivity index (χ2v) is 5.06. The van der Waals surface area contributed by atoms with Crippen LogP contribution in [0.4, 0.5) is 13.2 Å². The summed E-state index contributed by atoms with van der Waals surface area (Å²) in [5, 5.41) is 0. The predicted octanol–water partition coefficient (Wildman–Crippen LogP) is 3.76. The summed E-state index contributed by atoms with van der Waals surface area (Å²) in [6.45, 7) is 0.443. The van der Waals surface area contributed by atoms with Gasteiger partial charge in [0.25, 0.3) is 0 Å². The van der Waals surface area contributed by atoms with Crippen LogP contribution in [-0.4, -0.2) is 6.54 Å². The third-order valence-electron chi connectivity index (χ3n) is 2.54. The van der Waals surface area contributed by atoms with Gasteiger partial charge in [0.15, 0.2) is 0 Å². The summed E-state index contributed by atoms with van der Waals surface area (Å²) in [5.74, 6) is -1.78. The van der Waals surface area contributed by atoms with Gasteiger partial charge in [-0.25, -0.2) is 13.2 Å². The van der Waals surface area contributed by atoms with E-state index in [4.69, 9.17) is 5.73 Å². The van der Waals surface area contributed by atoms with Gasteiger partial charge < -0.3 is 5.73 Å². The molecule has 0 radical (unpaired) electrons. The Morgan fingerprint density at radius 2 is 1.53 bits per heavy atom. The SMILES string of the molecule is NCCc1ccc(Sc2ccc(F)cc2F)c(F)c1. The number of hydrogen-bond acceptors (Lipinski definition) is 2. The van der Waals surface area contributed by atoms with Gasteiger partial charge in [-0.15, -0.1) is 0 Å². The van der Waals surface area contributed by atoms with Crippen molar-refractivity contribution in [2.75, 3.05) is 6.54 Å². The normalized spacial score (nSPS) is 10.7. The monoisotopic (exact) mass is 283 g/mol. The highest BCUT2D eigenvalue weighted by Crippen LogP contribution is 2.32. The largest absolute Gasteiger partial charge is 0.330 e. The molecule has 0 atom stereocenters. The summed E-state index contributed by atoms with van der Waals surface area (Å²) in [4.78, 5) is 0.484. The summed E-state index contributed by atoms with van der Waals surface area (Å²) in [6, 6.07) is 7.93. The smallest absolute Gasteiger partial charge is 0.140 e. The van der Waals surface area contributed by atoms with Crippen LogP contribution in [0.2, 0.25) is 0 Å². The Labute approximate surface area is 113 Å². The van der Waals surface area contributed by atoms with Crippen LogP contribution in [0.25, 0.3) is 0 Å². The van der Waals surface area contributed by atoms with Crippen molar-refractivity contribution < 1.29 is 13.2 Å². The van der Waals surface area contributed by atoms with E-state index in [0.717, 1.165) is 29.5 Å². The minimum absolute atomic E-state index is 0.187. The standard InChI is InChI=1S/C14H12F3NS/c15-10-2-4-14(12(17)8-10)19-13-3-1-9(5-6-18)7-11(13)16/h1-4,7-8H,5-6,18H2. The summed E-state index contributed by atoms with van der Waals surface area (Å²) < 4.78 is 40.0. The van der Waals surface area contributed by atoms with E-state index in [1.165, 1.54) is 12.1 Å². The number of nitrogens with two attached hydrogens (primary N) is 1. The number of benzene rings is 2. The second kappa shape index (κ2) is 6.12. The molecule has 2 N–H and O–H groups in total. The lowest BCUT2D eigenvalue weighted by Gasteiger charge is -2.06. The fourth-order valence-corrected chi connectivity index (χ4v) is 2.45. The van der Waals surface area contributed by atoms with Crippen LogP contribution in [0.3, 0.4) is 0 Å². The number of halogens is 3. The topological polar surface area (TPSA) is 26.0 Å². The molecule has 2 rings (SSSR count). The highest BCUT2D eigenvalue weighted by molar-refractivity contribution is 7.99. The molecule has 0 aliphatic heterocycles. The van der Waals surface area contributed by atoms with Crippen molar-refractivity contribution in [1.29, 1.82) is 0 Å². The van der Waals surface area contributed by atoms with Gasteiger partial charge in [-0.1, -0.05) is 17.8 Å². The fraction of sp³-hybridized carbons (Fsp3) is 0.143. The van der Waals surface area contributed by atoms with Gasteiger partial charge in [-0.05, 0) is 42.8 Å². The molecule has 0 aromatic heterocycles. The van der Waals surface area contributed by atoms with Gasteiger partial charge in [-0.3, -0.25) is 0 Å². The fourth-order valence-electron chi connectivity index (χ4n) is 1.63. The van der Waals surface area contributed by atoms with Gasteiger partial charge >= 0.3 is 0 Å². The van der Waals surface area contributed by atoms with Crippen molar-refractivity contribution in [3.8, 4) is 0 Å². The lowest BCUT2D eigenvalue weighted by Crippen LogP contribution is -2.02. The zero-order valence-electron chi connectivity index (χ0n) is 10.00. The van der Waals surface area contributed by atoms with Crippen molar-refractivity contribution in [2.24, 2.45) is 5.73 Å². The maximum absolute atomic E-state index is 13.8. The first-order valence-electron chi connectivity index (χ1n) is 5.71. The van der Waals surface area contributed by atoms with Crippen LogP contribution in [0, 0.1) is 17.5 Å². The van der Waals surface area contributed by atoms with Gasteiger partial charge in [0.1, 0.15) is 17.5 Å². The number of hydrogen-bond donors (Lipinski definition) is 1. The first kappa shape index (κ1) is 14.0. The van der Waals surface area contributed by atoms with E-state index in [1.807, 2.05) is 0 Å². The molecule has 100 valence electrons. The molecule has 0 spiro atoms. The summed E-state index contributed by atoms with van der Waals surface area (Å²) in [6.07, 6.45) is 0.590. The first-order chi connectivity index (χ1) is 9.10. The maximum atomic E-state index is 13.8.